The minimum atomic E-state index is -0.356. The molecule has 4 nitrogen and oxygen atoms in total. The summed E-state index contributed by atoms with van der Waals surface area (Å²) in [6.07, 6.45) is 0. The molecule has 1 atom stereocenters. The summed E-state index contributed by atoms with van der Waals surface area (Å²) in [4.78, 5) is 15.4. The zero-order valence-electron chi connectivity index (χ0n) is 18.5. The molecule has 3 aromatic rings. The number of benzene rings is 3. The van der Waals surface area contributed by atoms with Crippen LogP contribution in [0.15, 0.2) is 84.9 Å². The number of hydrogen-bond donors (Lipinski definition) is 0. The molecule has 0 N–H and O–H groups in total. The summed E-state index contributed by atoms with van der Waals surface area (Å²) in [5.74, 6) is 0.731. The van der Waals surface area contributed by atoms with Gasteiger partial charge in [0.25, 0.3) is 0 Å². The van der Waals surface area contributed by atoms with E-state index in [2.05, 4.69) is 30.9 Å². The molecule has 0 unspecified atom stereocenters. The van der Waals surface area contributed by atoms with Gasteiger partial charge in [-0.05, 0) is 34.7 Å². The first kappa shape index (κ1) is 22.6. The molecule has 0 saturated carbocycles. The maximum absolute atomic E-state index is 13.2. The molecule has 0 bridgehead atoms. The molecule has 0 radical (unpaired) electrons. The molecule has 0 fully saturated rings. The van der Waals surface area contributed by atoms with Crippen LogP contribution < -0.4 is 4.74 Å². The van der Waals surface area contributed by atoms with Crippen molar-refractivity contribution in [2.24, 2.45) is 5.92 Å². The van der Waals surface area contributed by atoms with E-state index in [1.807, 2.05) is 72.8 Å². The number of rotatable bonds is 10. The van der Waals surface area contributed by atoms with Gasteiger partial charge in [0.15, 0.2) is 0 Å². The minimum Gasteiger partial charge on any atom is -0.497 e. The molecule has 0 aliphatic heterocycles. The van der Waals surface area contributed by atoms with Crippen LogP contribution in [-0.2, 0) is 29.2 Å². The van der Waals surface area contributed by atoms with E-state index in [1.54, 1.807) is 7.11 Å². The second-order valence-corrected chi connectivity index (χ2v) is 8.02. The molecule has 0 saturated heterocycles. The maximum Gasteiger partial charge on any atom is 0.323 e. The van der Waals surface area contributed by atoms with E-state index < -0.39 is 0 Å². The van der Waals surface area contributed by atoms with Crippen molar-refractivity contribution in [1.29, 1.82) is 0 Å². The van der Waals surface area contributed by atoms with Crippen LogP contribution in [0.5, 0.6) is 5.75 Å². The van der Waals surface area contributed by atoms with Crippen LogP contribution in [0.1, 0.15) is 30.5 Å². The number of carbonyl (C=O) groups excluding carboxylic acids is 1. The van der Waals surface area contributed by atoms with Gasteiger partial charge < -0.3 is 9.47 Å². The third kappa shape index (κ3) is 6.69. The van der Waals surface area contributed by atoms with Gasteiger partial charge >= 0.3 is 5.97 Å². The molecule has 0 spiro atoms. The van der Waals surface area contributed by atoms with Gasteiger partial charge in [-0.2, -0.15) is 0 Å². The predicted molar refractivity (Wildman–Crippen MR) is 124 cm³/mol. The molecule has 0 amide bonds. The molecule has 0 heterocycles. The molecule has 0 aliphatic carbocycles. The summed E-state index contributed by atoms with van der Waals surface area (Å²) in [6.45, 7) is 5.73. The first-order chi connectivity index (χ1) is 15.1. The Labute approximate surface area is 185 Å². The van der Waals surface area contributed by atoms with Crippen LogP contribution in [0, 0.1) is 5.92 Å². The average molecular weight is 418 g/mol. The minimum absolute atomic E-state index is 0.102. The van der Waals surface area contributed by atoms with Crippen LogP contribution in [0.3, 0.4) is 0 Å². The highest BCUT2D eigenvalue weighted by atomic mass is 16.5. The smallest absolute Gasteiger partial charge is 0.323 e. The Hall–Kier alpha value is -3.11. The standard InChI is InChI=1S/C27H31NO3/c1-21(2)26(27(29)31-20-24-12-8-5-9-13-24)28(18-22-10-6-4-7-11-22)19-23-14-16-25(30-3)17-15-23/h4-17,21,26H,18-20H2,1-3H3/t26-/m0/s1. The van der Waals surface area contributed by atoms with Gasteiger partial charge in [-0.3, -0.25) is 9.69 Å². The molecule has 162 valence electrons. The first-order valence-corrected chi connectivity index (χ1v) is 10.7. The lowest BCUT2D eigenvalue weighted by molar-refractivity contribution is -0.154. The van der Waals surface area contributed by atoms with Crippen molar-refractivity contribution >= 4 is 5.97 Å². The number of nitrogens with zero attached hydrogens (tertiary/aromatic N) is 1. The van der Waals surface area contributed by atoms with Crippen molar-refractivity contribution in [3.05, 3.63) is 102 Å². The highest BCUT2D eigenvalue weighted by Crippen LogP contribution is 2.21. The Morgan fingerprint density at radius 1 is 0.774 bits per heavy atom. The highest BCUT2D eigenvalue weighted by Gasteiger charge is 2.30. The monoisotopic (exact) mass is 417 g/mol. The summed E-state index contributed by atoms with van der Waals surface area (Å²) in [5.41, 5.74) is 3.28. The zero-order valence-corrected chi connectivity index (χ0v) is 18.5. The van der Waals surface area contributed by atoms with E-state index in [4.69, 9.17) is 9.47 Å². The molecular formula is C27H31NO3. The summed E-state index contributed by atoms with van der Waals surface area (Å²) in [6, 6.07) is 27.7. The van der Waals surface area contributed by atoms with E-state index >= 15 is 0 Å². The van der Waals surface area contributed by atoms with Gasteiger partial charge in [-0.25, -0.2) is 0 Å². The fraction of sp³-hybridized carbons (Fsp3) is 0.296. The highest BCUT2D eigenvalue weighted by molar-refractivity contribution is 5.76. The second-order valence-electron chi connectivity index (χ2n) is 8.02. The third-order valence-corrected chi connectivity index (χ3v) is 5.26. The molecule has 0 aromatic heterocycles. The summed E-state index contributed by atoms with van der Waals surface area (Å²) in [7, 11) is 1.66. The molecule has 31 heavy (non-hydrogen) atoms. The van der Waals surface area contributed by atoms with Gasteiger partial charge in [0.05, 0.1) is 7.11 Å². The van der Waals surface area contributed by atoms with Crippen molar-refractivity contribution in [3.8, 4) is 5.75 Å². The Bertz CT molecular complexity index is 924. The Morgan fingerprint density at radius 3 is 1.81 bits per heavy atom. The number of ether oxygens (including phenoxy) is 2. The van der Waals surface area contributed by atoms with Crippen LogP contribution >= 0.6 is 0 Å². The molecule has 3 aromatic carbocycles. The van der Waals surface area contributed by atoms with Crippen molar-refractivity contribution in [2.75, 3.05) is 7.11 Å². The van der Waals surface area contributed by atoms with Gasteiger partial charge in [-0.15, -0.1) is 0 Å². The third-order valence-electron chi connectivity index (χ3n) is 5.26. The lowest BCUT2D eigenvalue weighted by Crippen LogP contribution is -2.44. The van der Waals surface area contributed by atoms with Crippen LogP contribution in [-0.4, -0.2) is 24.0 Å². The summed E-state index contributed by atoms with van der Waals surface area (Å²) < 4.78 is 11.0. The van der Waals surface area contributed by atoms with E-state index in [0.29, 0.717) is 13.1 Å². The number of methoxy groups -OCH3 is 1. The topological polar surface area (TPSA) is 38.8 Å². The largest absolute Gasteiger partial charge is 0.497 e. The fourth-order valence-corrected chi connectivity index (χ4v) is 3.69. The molecule has 0 aliphatic rings. The fourth-order valence-electron chi connectivity index (χ4n) is 3.69. The Balaban J connectivity index is 1.80. The number of esters is 1. The Kier molecular flexibility index (Phi) is 8.25. The number of hydrogen-bond acceptors (Lipinski definition) is 4. The van der Waals surface area contributed by atoms with Gasteiger partial charge in [0.2, 0.25) is 0 Å². The lowest BCUT2D eigenvalue weighted by atomic mass is 10.0. The van der Waals surface area contributed by atoms with Crippen molar-refractivity contribution in [2.45, 2.75) is 39.6 Å². The number of carbonyl (C=O) groups is 1. The Morgan fingerprint density at radius 2 is 1.29 bits per heavy atom. The zero-order chi connectivity index (χ0) is 22.1. The lowest BCUT2D eigenvalue weighted by Gasteiger charge is -2.33. The van der Waals surface area contributed by atoms with E-state index in [-0.39, 0.29) is 24.5 Å². The van der Waals surface area contributed by atoms with Crippen molar-refractivity contribution in [3.63, 3.8) is 0 Å². The van der Waals surface area contributed by atoms with E-state index in [9.17, 15) is 4.79 Å². The quantitative estimate of drug-likeness (QED) is 0.410. The van der Waals surface area contributed by atoms with Crippen LogP contribution in [0.2, 0.25) is 0 Å². The van der Waals surface area contributed by atoms with Crippen LogP contribution in [0.25, 0.3) is 0 Å². The molecule has 4 heteroatoms. The molecular weight excluding hydrogens is 386 g/mol. The first-order valence-electron chi connectivity index (χ1n) is 10.7. The van der Waals surface area contributed by atoms with Gasteiger partial charge in [0.1, 0.15) is 18.4 Å². The summed E-state index contributed by atoms with van der Waals surface area (Å²) >= 11 is 0. The van der Waals surface area contributed by atoms with Crippen molar-refractivity contribution < 1.29 is 14.3 Å². The second kappa shape index (κ2) is 11.3. The maximum atomic E-state index is 13.2. The van der Waals surface area contributed by atoms with Gasteiger partial charge in [-0.1, -0.05) is 86.6 Å². The average Bonchev–Trinajstić information content (AvgIpc) is 2.79. The van der Waals surface area contributed by atoms with Gasteiger partial charge in [0, 0.05) is 13.1 Å². The van der Waals surface area contributed by atoms with E-state index in [0.717, 1.165) is 22.4 Å². The van der Waals surface area contributed by atoms with Crippen molar-refractivity contribution in [1.82, 2.24) is 4.90 Å². The van der Waals surface area contributed by atoms with E-state index in [1.165, 1.54) is 0 Å². The normalized spacial score (nSPS) is 12.0. The molecule has 3 rings (SSSR count). The summed E-state index contributed by atoms with van der Waals surface area (Å²) in [5, 5.41) is 0. The van der Waals surface area contributed by atoms with Crippen LogP contribution in [0.4, 0.5) is 0 Å². The SMILES string of the molecule is COc1ccc(CN(Cc2ccccc2)[C@H](C(=O)OCc2ccccc2)C(C)C)cc1. The predicted octanol–water partition coefficient (Wildman–Crippen LogP) is 5.47.